The topological polar surface area (TPSA) is 47.4 Å². The smallest absolute Gasteiger partial charge is 0.420 e. The van der Waals surface area contributed by atoms with E-state index in [1.54, 1.807) is 4.57 Å². The third-order valence-electron chi connectivity index (χ3n) is 4.33. The molecule has 5 nitrogen and oxygen atoms in total. The molecule has 0 atom stereocenters. The maximum atomic E-state index is 12.9. The molecule has 4 rings (SSSR count). The lowest BCUT2D eigenvalue weighted by atomic mass is 10.1. The molecule has 4 aromatic rings. The van der Waals surface area contributed by atoms with Crippen molar-refractivity contribution >= 4 is 38.8 Å². The Hall–Kier alpha value is -2.92. The lowest BCUT2D eigenvalue weighted by molar-refractivity contribution is 0.0980. The highest BCUT2D eigenvalue weighted by atomic mass is 16.6. The molecule has 2 heterocycles. The fourth-order valence-electron chi connectivity index (χ4n) is 3.26. The largest absolute Gasteiger partial charge is 0.433 e. The third kappa shape index (κ3) is 2.44. The molecule has 0 N–H and O–H groups in total. The van der Waals surface area contributed by atoms with Crippen LogP contribution in [0.3, 0.4) is 0 Å². The minimum absolute atomic E-state index is 0.226. The molecule has 0 saturated heterocycles. The van der Waals surface area contributed by atoms with Gasteiger partial charge >= 0.3 is 6.09 Å². The van der Waals surface area contributed by atoms with E-state index in [0.29, 0.717) is 0 Å². The van der Waals surface area contributed by atoms with Crippen molar-refractivity contribution in [1.82, 2.24) is 14.5 Å². The first-order valence-electron chi connectivity index (χ1n) is 8.18. The van der Waals surface area contributed by atoms with Crippen LogP contribution in [-0.4, -0.2) is 41.4 Å². The summed E-state index contributed by atoms with van der Waals surface area (Å²) in [5, 5.41) is 3.00. The molecule has 0 aliphatic heterocycles. The van der Waals surface area contributed by atoms with Crippen molar-refractivity contribution in [1.29, 1.82) is 0 Å². The van der Waals surface area contributed by atoms with Gasteiger partial charge in [0.25, 0.3) is 0 Å². The maximum absolute atomic E-state index is 12.9. The van der Waals surface area contributed by atoms with Crippen LogP contribution < -0.4 is 0 Å². The minimum Gasteiger partial charge on any atom is -0.433 e. The molecule has 0 unspecified atom stereocenters. The fraction of sp³-hybridized carbons (Fsp3) is 0.200. The first-order chi connectivity index (χ1) is 12.1. The van der Waals surface area contributed by atoms with Gasteiger partial charge in [-0.3, -0.25) is 9.88 Å². The molecule has 0 amide bonds. The Labute approximate surface area is 145 Å². The monoisotopic (exact) mass is 333 g/mol. The number of carbonyl (C=O) groups excluding carboxylic acids is 1. The summed E-state index contributed by atoms with van der Waals surface area (Å²) in [6.07, 6.45) is -0.393. The number of ether oxygens (including phenoxy) is 1. The van der Waals surface area contributed by atoms with Gasteiger partial charge in [0, 0.05) is 21.9 Å². The van der Waals surface area contributed by atoms with Gasteiger partial charge < -0.3 is 4.74 Å². The number of aromatic nitrogens is 2. The van der Waals surface area contributed by atoms with Crippen molar-refractivity contribution in [2.75, 3.05) is 20.8 Å². The Kier molecular flexibility index (Phi) is 3.66. The van der Waals surface area contributed by atoms with Crippen molar-refractivity contribution in [3.63, 3.8) is 0 Å². The summed E-state index contributed by atoms with van der Waals surface area (Å²) < 4.78 is 7.11. The molecule has 2 aromatic carbocycles. The van der Waals surface area contributed by atoms with Gasteiger partial charge in [-0.05, 0) is 27.1 Å². The summed E-state index contributed by atoms with van der Waals surface area (Å²) in [6.45, 7) is 2.22. The Morgan fingerprint density at radius 1 is 1.04 bits per heavy atom. The van der Waals surface area contributed by atoms with Gasteiger partial charge in [0.2, 0.25) is 0 Å². The predicted molar refractivity (Wildman–Crippen MR) is 99.9 cm³/mol. The number of para-hydroxylation sites is 1. The molecule has 0 aliphatic carbocycles. The van der Waals surface area contributed by atoms with Crippen LogP contribution in [0.2, 0.25) is 0 Å². The summed E-state index contributed by atoms with van der Waals surface area (Å²) >= 11 is 0. The second kappa shape index (κ2) is 5.86. The number of benzene rings is 2. The van der Waals surface area contributed by atoms with E-state index in [4.69, 9.17) is 9.72 Å². The van der Waals surface area contributed by atoms with Gasteiger partial charge in [-0.25, -0.2) is 9.36 Å². The molecule has 0 fully saturated rings. The van der Waals surface area contributed by atoms with Gasteiger partial charge in [-0.2, -0.15) is 0 Å². The minimum atomic E-state index is -0.393. The van der Waals surface area contributed by atoms with Crippen molar-refractivity contribution in [2.45, 2.75) is 6.92 Å². The van der Waals surface area contributed by atoms with Crippen molar-refractivity contribution in [3.8, 4) is 0 Å². The van der Waals surface area contributed by atoms with Crippen LogP contribution >= 0.6 is 0 Å². The molecule has 25 heavy (non-hydrogen) atoms. The molecule has 0 radical (unpaired) electrons. The van der Waals surface area contributed by atoms with E-state index in [1.165, 1.54) is 0 Å². The summed E-state index contributed by atoms with van der Waals surface area (Å²) in [6, 6.07) is 15.8. The second-order valence-corrected chi connectivity index (χ2v) is 6.41. The fourth-order valence-corrected chi connectivity index (χ4v) is 3.26. The van der Waals surface area contributed by atoms with E-state index in [-0.39, 0.29) is 6.73 Å². The van der Waals surface area contributed by atoms with Crippen molar-refractivity contribution < 1.29 is 9.53 Å². The van der Waals surface area contributed by atoms with Crippen LogP contribution in [0.25, 0.3) is 32.7 Å². The third-order valence-corrected chi connectivity index (χ3v) is 4.33. The van der Waals surface area contributed by atoms with Gasteiger partial charge in [-0.1, -0.05) is 42.5 Å². The molecule has 5 heteroatoms. The molecule has 0 bridgehead atoms. The van der Waals surface area contributed by atoms with E-state index < -0.39 is 6.09 Å². The van der Waals surface area contributed by atoms with Gasteiger partial charge in [-0.15, -0.1) is 0 Å². The molecular formula is C20H19N3O2. The molecule has 0 saturated carbocycles. The molecule has 0 spiro atoms. The number of pyridine rings is 1. The van der Waals surface area contributed by atoms with Crippen LogP contribution in [0.1, 0.15) is 5.69 Å². The zero-order chi connectivity index (χ0) is 17.6. The summed E-state index contributed by atoms with van der Waals surface area (Å²) in [4.78, 5) is 19.5. The van der Waals surface area contributed by atoms with E-state index in [9.17, 15) is 4.79 Å². The number of hydrogen-bond donors (Lipinski definition) is 0. The normalized spacial score (nSPS) is 11.7. The Morgan fingerprint density at radius 2 is 1.68 bits per heavy atom. The summed E-state index contributed by atoms with van der Waals surface area (Å²) in [5.74, 6) is 0. The second-order valence-electron chi connectivity index (χ2n) is 6.41. The van der Waals surface area contributed by atoms with Crippen LogP contribution in [0.5, 0.6) is 0 Å². The highest BCUT2D eigenvalue weighted by Crippen LogP contribution is 2.34. The van der Waals surface area contributed by atoms with Gasteiger partial charge in [0.15, 0.2) is 0 Å². The zero-order valence-corrected chi connectivity index (χ0v) is 14.5. The number of aryl methyl sites for hydroxylation is 1. The standard InChI is InChI=1S/C20H19N3O2/c1-13-14-8-4-5-9-15(14)19-18(21-13)16-10-6-7-11-17(16)23(19)20(24)25-12-22(2)3/h4-11H,12H2,1-3H3. The molecule has 2 aromatic heterocycles. The molecule has 0 aliphatic rings. The van der Waals surface area contributed by atoms with Gasteiger partial charge in [0.05, 0.1) is 16.6 Å². The lowest BCUT2D eigenvalue weighted by Gasteiger charge is -2.13. The van der Waals surface area contributed by atoms with Crippen molar-refractivity contribution in [3.05, 3.63) is 54.2 Å². The Balaban J connectivity index is 2.11. The average Bonchev–Trinajstić information content (AvgIpc) is 2.95. The number of carbonyl (C=O) groups is 1. The van der Waals surface area contributed by atoms with Crippen molar-refractivity contribution in [2.24, 2.45) is 0 Å². The van der Waals surface area contributed by atoms with Crippen LogP contribution in [0, 0.1) is 6.92 Å². The highest BCUT2D eigenvalue weighted by Gasteiger charge is 2.20. The number of fused-ring (bicyclic) bond motifs is 5. The lowest BCUT2D eigenvalue weighted by Crippen LogP contribution is -2.22. The quantitative estimate of drug-likeness (QED) is 0.517. The summed E-state index contributed by atoms with van der Waals surface area (Å²) in [5.41, 5.74) is 3.39. The molecular weight excluding hydrogens is 314 g/mol. The first-order valence-corrected chi connectivity index (χ1v) is 8.18. The predicted octanol–water partition coefficient (Wildman–Crippen LogP) is 4.15. The van der Waals surface area contributed by atoms with Crippen LogP contribution in [0.15, 0.2) is 48.5 Å². The van der Waals surface area contributed by atoms with E-state index in [2.05, 4.69) is 0 Å². The van der Waals surface area contributed by atoms with E-state index in [0.717, 1.165) is 38.4 Å². The number of nitrogens with zero attached hydrogens (tertiary/aromatic N) is 3. The average molecular weight is 333 g/mol. The zero-order valence-electron chi connectivity index (χ0n) is 14.5. The van der Waals surface area contributed by atoms with E-state index >= 15 is 0 Å². The van der Waals surface area contributed by atoms with E-state index in [1.807, 2.05) is 74.4 Å². The highest BCUT2D eigenvalue weighted by molar-refractivity contribution is 6.19. The number of rotatable bonds is 2. The SMILES string of the molecule is Cc1nc2c3ccccc3n(C(=O)OCN(C)C)c2c2ccccc12. The summed E-state index contributed by atoms with van der Waals surface area (Å²) in [7, 11) is 3.72. The van der Waals surface area contributed by atoms with Gasteiger partial charge in [0.1, 0.15) is 6.73 Å². The number of hydrogen-bond acceptors (Lipinski definition) is 4. The molecule has 126 valence electrons. The Bertz CT molecular complexity index is 1110. The van der Waals surface area contributed by atoms with Crippen LogP contribution in [0.4, 0.5) is 4.79 Å². The first kappa shape index (κ1) is 15.6. The maximum Gasteiger partial charge on any atom is 0.420 e. The Morgan fingerprint density at radius 3 is 2.40 bits per heavy atom. The van der Waals surface area contributed by atoms with Crippen LogP contribution in [-0.2, 0) is 4.74 Å².